The van der Waals surface area contributed by atoms with Gasteiger partial charge in [0.25, 0.3) is 11.8 Å². The zero-order valence-electron chi connectivity index (χ0n) is 12.0. The Bertz CT molecular complexity index is 914. The van der Waals surface area contributed by atoms with Gasteiger partial charge in [0.05, 0.1) is 23.2 Å². The maximum Gasteiger partial charge on any atom is 0.262 e. The topological polar surface area (TPSA) is 80.5 Å². The number of primary amides is 1. The molecule has 1 aliphatic rings. The van der Waals surface area contributed by atoms with Gasteiger partial charge < -0.3 is 5.73 Å². The third-order valence-corrected chi connectivity index (χ3v) is 4.10. The summed E-state index contributed by atoms with van der Waals surface area (Å²) in [5.41, 5.74) is 5.03. The highest BCUT2D eigenvalue weighted by atomic mass is 79.9. The van der Waals surface area contributed by atoms with Crippen molar-refractivity contribution >= 4 is 33.7 Å². The minimum absolute atomic E-state index is 0.00527. The predicted octanol–water partition coefficient (Wildman–Crippen LogP) is 2.62. The minimum atomic E-state index is -0.872. The number of imide groups is 1. The first-order valence-electron chi connectivity index (χ1n) is 6.73. The summed E-state index contributed by atoms with van der Waals surface area (Å²) >= 11 is 3.15. The van der Waals surface area contributed by atoms with Crippen LogP contribution in [0.15, 0.2) is 34.8 Å². The molecule has 3 amide bonds. The van der Waals surface area contributed by atoms with Crippen LogP contribution >= 0.6 is 15.9 Å². The van der Waals surface area contributed by atoms with E-state index < -0.39 is 29.4 Å². The van der Waals surface area contributed by atoms with Crippen molar-refractivity contribution in [1.29, 1.82) is 0 Å². The van der Waals surface area contributed by atoms with Crippen LogP contribution in [0.5, 0.6) is 0 Å². The van der Waals surface area contributed by atoms with Gasteiger partial charge in [0.1, 0.15) is 11.6 Å². The fourth-order valence-electron chi connectivity index (χ4n) is 2.54. The van der Waals surface area contributed by atoms with Crippen LogP contribution in [0.3, 0.4) is 0 Å². The predicted molar refractivity (Wildman–Crippen MR) is 83.2 cm³/mol. The Morgan fingerprint density at radius 2 is 1.83 bits per heavy atom. The Morgan fingerprint density at radius 1 is 1.12 bits per heavy atom. The average molecular weight is 395 g/mol. The second-order valence-corrected chi connectivity index (χ2v) is 6.09. The Balaban J connectivity index is 2.04. The third kappa shape index (κ3) is 2.58. The lowest BCUT2D eigenvalue weighted by Gasteiger charge is -2.14. The number of rotatable bonds is 3. The second kappa shape index (κ2) is 5.79. The van der Waals surface area contributed by atoms with Gasteiger partial charge in [-0.15, -0.1) is 0 Å². The first kappa shape index (κ1) is 16.3. The number of carbonyl (C=O) groups is 3. The number of nitrogens with zero attached hydrogens (tertiary/aromatic N) is 1. The fraction of sp³-hybridized carbons (Fsp3) is 0.0625. The Morgan fingerprint density at radius 3 is 2.46 bits per heavy atom. The second-order valence-electron chi connectivity index (χ2n) is 5.17. The summed E-state index contributed by atoms with van der Waals surface area (Å²) in [4.78, 5) is 37.3. The van der Waals surface area contributed by atoms with Gasteiger partial charge in [-0.25, -0.2) is 8.78 Å². The van der Waals surface area contributed by atoms with Crippen LogP contribution < -0.4 is 5.73 Å². The van der Waals surface area contributed by atoms with E-state index in [0.29, 0.717) is 10.5 Å². The van der Waals surface area contributed by atoms with E-state index in [1.807, 2.05) is 0 Å². The van der Waals surface area contributed by atoms with Crippen molar-refractivity contribution in [3.05, 3.63) is 68.7 Å². The van der Waals surface area contributed by atoms with E-state index in [1.54, 1.807) is 0 Å². The maximum atomic E-state index is 13.8. The van der Waals surface area contributed by atoms with Crippen molar-refractivity contribution < 1.29 is 23.2 Å². The maximum absolute atomic E-state index is 13.8. The number of carbonyl (C=O) groups excluding carboxylic acids is 3. The van der Waals surface area contributed by atoms with Crippen molar-refractivity contribution in [2.75, 3.05) is 0 Å². The molecule has 0 aliphatic carbocycles. The Hall–Kier alpha value is -2.61. The smallest absolute Gasteiger partial charge is 0.262 e. The zero-order chi connectivity index (χ0) is 17.6. The molecule has 122 valence electrons. The van der Waals surface area contributed by atoms with E-state index >= 15 is 0 Å². The molecule has 5 nitrogen and oxygen atoms in total. The number of fused-ring (bicyclic) bond motifs is 1. The lowest BCUT2D eigenvalue weighted by molar-refractivity contribution is 0.0639. The number of hydrogen-bond donors (Lipinski definition) is 1. The quantitative estimate of drug-likeness (QED) is 0.812. The lowest BCUT2D eigenvalue weighted by Crippen LogP contribution is -2.30. The van der Waals surface area contributed by atoms with E-state index in [1.165, 1.54) is 12.1 Å². The first-order valence-corrected chi connectivity index (χ1v) is 7.52. The molecule has 8 heteroatoms. The molecule has 1 aliphatic heterocycles. The van der Waals surface area contributed by atoms with Gasteiger partial charge in [-0.05, 0) is 18.2 Å². The fourth-order valence-corrected chi connectivity index (χ4v) is 2.99. The summed E-state index contributed by atoms with van der Waals surface area (Å²) < 4.78 is 27.2. The van der Waals surface area contributed by atoms with Gasteiger partial charge in [-0.1, -0.05) is 22.0 Å². The molecular formula is C16H9BrF2N2O3. The van der Waals surface area contributed by atoms with Crippen molar-refractivity contribution in [3.8, 4) is 0 Å². The molecule has 0 bridgehead atoms. The number of halogens is 3. The molecule has 1 heterocycles. The lowest BCUT2D eigenvalue weighted by atomic mass is 10.0. The van der Waals surface area contributed by atoms with E-state index in [0.717, 1.165) is 17.0 Å². The minimum Gasteiger partial charge on any atom is -0.366 e. The van der Waals surface area contributed by atoms with Crippen LogP contribution in [-0.4, -0.2) is 22.6 Å². The Kier molecular flexibility index (Phi) is 3.92. The monoisotopic (exact) mass is 394 g/mol. The van der Waals surface area contributed by atoms with Crippen molar-refractivity contribution in [2.45, 2.75) is 6.54 Å². The molecule has 2 aromatic rings. The third-order valence-electron chi connectivity index (χ3n) is 3.65. The molecule has 24 heavy (non-hydrogen) atoms. The van der Waals surface area contributed by atoms with E-state index in [-0.39, 0.29) is 28.8 Å². The van der Waals surface area contributed by atoms with Gasteiger partial charge in [0.2, 0.25) is 5.91 Å². The number of amides is 3. The summed E-state index contributed by atoms with van der Waals surface area (Å²) in [6, 6.07) is 5.58. The molecule has 0 atom stereocenters. The number of benzene rings is 2. The normalized spacial score (nSPS) is 13.4. The van der Waals surface area contributed by atoms with E-state index in [4.69, 9.17) is 5.73 Å². The largest absolute Gasteiger partial charge is 0.366 e. The highest BCUT2D eigenvalue weighted by Crippen LogP contribution is 2.31. The number of nitrogens with two attached hydrogens (primary N) is 1. The van der Waals surface area contributed by atoms with E-state index in [9.17, 15) is 23.2 Å². The van der Waals surface area contributed by atoms with Crippen molar-refractivity contribution in [2.24, 2.45) is 5.73 Å². The summed E-state index contributed by atoms with van der Waals surface area (Å²) in [7, 11) is 0. The molecule has 0 aromatic heterocycles. The summed E-state index contributed by atoms with van der Waals surface area (Å²) in [6.45, 7) is -0.381. The molecule has 2 aromatic carbocycles. The van der Waals surface area contributed by atoms with Crippen molar-refractivity contribution in [1.82, 2.24) is 4.90 Å². The van der Waals surface area contributed by atoms with Gasteiger partial charge >= 0.3 is 0 Å². The van der Waals surface area contributed by atoms with Crippen LogP contribution in [0.2, 0.25) is 0 Å². The molecule has 0 spiro atoms. The standard InChI is InChI=1S/C16H9BrF2N2O3/c17-8-3-10(14(20)22)13-11(4-8)15(23)21(16(13)24)6-7-1-2-9(18)5-12(7)19/h1-5H,6H2,(H2,20,22). The molecular weight excluding hydrogens is 386 g/mol. The summed E-state index contributed by atoms with van der Waals surface area (Å²) in [5, 5.41) is 0. The molecule has 0 saturated heterocycles. The highest BCUT2D eigenvalue weighted by molar-refractivity contribution is 9.10. The zero-order valence-corrected chi connectivity index (χ0v) is 13.6. The van der Waals surface area contributed by atoms with Crippen LogP contribution in [0, 0.1) is 11.6 Å². The van der Waals surface area contributed by atoms with Crippen molar-refractivity contribution in [3.63, 3.8) is 0 Å². The van der Waals surface area contributed by atoms with E-state index in [2.05, 4.69) is 15.9 Å². The van der Waals surface area contributed by atoms with Gasteiger partial charge in [0.15, 0.2) is 0 Å². The molecule has 0 saturated carbocycles. The number of hydrogen-bond acceptors (Lipinski definition) is 3. The van der Waals surface area contributed by atoms with Gasteiger partial charge in [0, 0.05) is 16.1 Å². The first-order chi connectivity index (χ1) is 11.3. The highest BCUT2D eigenvalue weighted by Gasteiger charge is 2.39. The van der Waals surface area contributed by atoms with Crippen LogP contribution in [0.25, 0.3) is 0 Å². The van der Waals surface area contributed by atoms with Crippen LogP contribution in [0.4, 0.5) is 8.78 Å². The molecule has 3 rings (SSSR count). The van der Waals surface area contributed by atoms with Crippen LogP contribution in [0.1, 0.15) is 36.6 Å². The Labute approximate surface area is 143 Å². The van der Waals surface area contributed by atoms with Gasteiger partial charge in [-0.3, -0.25) is 19.3 Å². The SMILES string of the molecule is NC(=O)c1cc(Br)cc2c1C(=O)N(Cc1ccc(F)cc1F)C2=O. The van der Waals surface area contributed by atoms with Gasteiger partial charge in [-0.2, -0.15) is 0 Å². The summed E-state index contributed by atoms with van der Waals surface area (Å²) in [5.74, 6) is -3.92. The molecule has 0 fully saturated rings. The average Bonchev–Trinajstić information content (AvgIpc) is 2.73. The summed E-state index contributed by atoms with van der Waals surface area (Å²) in [6.07, 6.45) is 0. The van der Waals surface area contributed by atoms with Crippen LogP contribution in [-0.2, 0) is 6.54 Å². The molecule has 0 unspecified atom stereocenters. The molecule has 2 N–H and O–H groups in total. The molecule has 0 radical (unpaired) electrons.